The Bertz CT molecular complexity index is 837. The Kier molecular flexibility index (Phi) is 5.83. The number of nitrogen functional groups attached to an aromatic ring is 2. The predicted octanol–water partition coefficient (Wildman–Crippen LogP) is 4.54. The molecule has 0 spiro atoms. The third-order valence-corrected chi connectivity index (χ3v) is 5.42. The van der Waals surface area contributed by atoms with Crippen LogP contribution in [0.4, 0.5) is 37.7 Å². The van der Waals surface area contributed by atoms with Crippen molar-refractivity contribution in [3.63, 3.8) is 0 Å². The van der Waals surface area contributed by atoms with Gasteiger partial charge in [-0.2, -0.15) is 26.3 Å². The molecule has 0 aliphatic rings. The van der Waals surface area contributed by atoms with Gasteiger partial charge in [-0.05, 0) is 50.2 Å². The van der Waals surface area contributed by atoms with Gasteiger partial charge in [0.05, 0.1) is 0 Å². The Morgan fingerprint density at radius 3 is 1.28 bits per heavy atom. The van der Waals surface area contributed by atoms with Crippen molar-refractivity contribution in [3.8, 4) is 0 Å². The van der Waals surface area contributed by atoms with Crippen molar-refractivity contribution in [1.82, 2.24) is 0 Å². The molecule has 160 valence electrons. The van der Waals surface area contributed by atoms with Crippen molar-refractivity contribution in [2.75, 3.05) is 11.5 Å². The SMILES string of the molecule is CC(O)(c1cc(Sc2ccc(N)c(C(C)(O)C(F)(F)F)c2)ccc1N)C(F)(F)F. The van der Waals surface area contributed by atoms with E-state index < -0.39 is 34.7 Å². The fourth-order valence-corrected chi connectivity index (χ4v) is 3.38. The van der Waals surface area contributed by atoms with Crippen LogP contribution in [0.2, 0.25) is 0 Å². The van der Waals surface area contributed by atoms with E-state index in [9.17, 15) is 36.6 Å². The standard InChI is InChI=1S/C18H18F6N2O2S/c1-15(27,17(19,20)21)11-7-9(3-5-13(11)25)29-10-4-6-14(26)12(8-10)16(2,28)18(22,23)24/h3-8,27-28H,25-26H2,1-2H3. The molecule has 2 rings (SSSR count). The topological polar surface area (TPSA) is 92.5 Å². The Morgan fingerprint density at radius 1 is 0.690 bits per heavy atom. The molecule has 0 saturated heterocycles. The quantitative estimate of drug-likeness (QED) is 0.414. The molecule has 0 aliphatic carbocycles. The summed E-state index contributed by atoms with van der Waals surface area (Å²) >= 11 is 0.819. The molecule has 0 heterocycles. The second-order valence-electron chi connectivity index (χ2n) is 6.74. The van der Waals surface area contributed by atoms with E-state index in [1.54, 1.807) is 0 Å². The second-order valence-corrected chi connectivity index (χ2v) is 7.89. The first-order chi connectivity index (χ1) is 13.0. The minimum Gasteiger partial charge on any atom is -0.398 e. The van der Waals surface area contributed by atoms with Crippen LogP contribution in [0.1, 0.15) is 25.0 Å². The third kappa shape index (κ3) is 4.41. The summed E-state index contributed by atoms with van der Waals surface area (Å²) in [5.41, 5.74) is 2.92. The maximum absolute atomic E-state index is 13.1. The van der Waals surface area contributed by atoms with Gasteiger partial charge >= 0.3 is 12.4 Å². The minimum absolute atomic E-state index is 0.182. The monoisotopic (exact) mass is 440 g/mol. The number of alkyl halides is 6. The number of nitrogens with two attached hydrogens (primary N) is 2. The molecule has 2 atom stereocenters. The lowest BCUT2D eigenvalue weighted by Gasteiger charge is -2.29. The van der Waals surface area contributed by atoms with Gasteiger partial charge in [-0.25, -0.2) is 0 Å². The molecule has 0 amide bonds. The number of aliphatic hydroxyl groups is 2. The molecule has 0 saturated carbocycles. The molecule has 4 nitrogen and oxygen atoms in total. The van der Waals surface area contributed by atoms with E-state index in [1.165, 1.54) is 12.1 Å². The van der Waals surface area contributed by atoms with Gasteiger partial charge in [-0.1, -0.05) is 11.8 Å². The van der Waals surface area contributed by atoms with Crippen LogP contribution < -0.4 is 11.5 Å². The molecule has 0 bridgehead atoms. The molecule has 0 aromatic heterocycles. The molecule has 2 aromatic carbocycles. The van der Waals surface area contributed by atoms with Crippen LogP contribution in [0.3, 0.4) is 0 Å². The van der Waals surface area contributed by atoms with Crippen LogP contribution in [-0.4, -0.2) is 22.6 Å². The lowest BCUT2D eigenvalue weighted by Crippen LogP contribution is -2.39. The van der Waals surface area contributed by atoms with E-state index in [4.69, 9.17) is 11.5 Å². The van der Waals surface area contributed by atoms with Crippen LogP contribution in [0, 0.1) is 0 Å². The number of hydrogen-bond acceptors (Lipinski definition) is 5. The smallest absolute Gasteiger partial charge is 0.398 e. The van der Waals surface area contributed by atoms with Gasteiger partial charge in [0.2, 0.25) is 0 Å². The molecule has 6 N–H and O–H groups in total. The first-order valence-corrected chi connectivity index (χ1v) is 8.86. The minimum atomic E-state index is -5.00. The highest BCUT2D eigenvalue weighted by molar-refractivity contribution is 7.99. The number of anilines is 2. The fraction of sp³-hybridized carbons (Fsp3) is 0.333. The second kappa shape index (κ2) is 7.29. The van der Waals surface area contributed by atoms with Crippen molar-refractivity contribution < 1.29 is 36.6 Å². The zero-order valence-corrected chi connectivity index (χ0v) is 16.0. The summed E-state index contributed by atoms with van der Waals surface area (Å²) in [7, 11) is 0. The highest BCUT2D eigenvalue weighted by atomic mass is 32.2. The van der Waals surface area contributed by atoms with Crippen LogP contribution in [0.5, 0.6) is 0 Å². The largest absolute Gasteiger partial charge is 0.421 e. The average Bonchev–Trinajstić information content (AvgIpc) is 2.56. The maximum Gasteiger partial charge on any atom is 0.421 e. The molecule has 29 heavy (non-hydrogen) atoms. The highest BCUT2D eigenvalue weighted by Crippen LogP contribution is 2.45. The van der Waals surface area contributed by atoms with Gasteiger partial charge in [-0.15, -0.1) is 0 Å². The van der Waals surface area contributed by atoms with Crippen LogP contribution in [-0.2, 0) is 11.2 Å². The normalized spacial score (nSPS) is 16.9. The molecule has 11 heteroatoms. The van der Waals surface area contributed by atoms with Crippen molar-refractivity contribution in [1.29, 1.82) is 0 Å². The summed E-state index contributed by atoms with van der Waals surface area (Å²) in [5.74, 6) is 0. The summed E-state index contributed by atoms with van der Waals surface area (Å²) in [6.45, 7) is 1.10. The van der Waals surface area contributed by atoms with E-state index in [0.717, 1.165) is 36.0 Å². The van der Waals surface area contributed by atoms with Crippen LogP contribution in [0.25, 0.3) is 0 Å². The van der Waals surface area contributed by atoms with Gasteiger partial charge in [0.15, 0.2) is 11.2 Å². The Morgan fingerprint density at radius 2 is 1.00 bits per heavy atom. The van der Waals surface area contributed by atoms with Crippen LogP contribution in [0.15, 0.2) is 46.2 Å². The Labute approximate surface area is 166 Å². The Balaban J connectivity index is 2.47. The summed E-state index contributed by atoms with van der Waals surface area (Å²) in [5, 5.41) is 19.8. The predicted molar refractivity (Wildman–Crippen MR) is 97.1 cm³/mol. The van der Waals surface area contributed by atoms with Gasteiger partial charge < -0.3 is 21.7 Å². The summed E-state index contributed by atoms with van der Waals surface area (Å²) in [6.07, 6.45) is -9.99. The van der Waals surface area contributed by atoms with E-state index in [-0.39, 0.29) is 21.2 Å². The van der Waals surface area contributed by atoms with Crippen molar-refractivity contribution in [2.45, 2.75) is 47.2 Å². The summed E-state index contributed by atoms with van der Waals surface area (Å²) < 4.78 is 78.8. The lowest BCUT2D eigenvalue weighted by atomic mass is 9.94. The molecule has 0 fully saturated rings. The molecule has 0 radical (unpaired) electrons. The lowest BCUT2D eigenvalue weighted by molar-refractivity contribution is -0.258. The Hall–Kier alpha value is -2.11. The molecule has 2 unspecified atom stereocenters. The van der Waals surface area contributed by atoms with Gasteiger partial charge in [0.1, 0.15) is 0 Å². The fourth-order valence-electron chi connectivity index (χ4n) is 2.48. The number of hydrogen-bond donors (Lipinski definition) is 4. The molecule has 2 aromatic rings. The first-order valence-electron chi connectivity index (χ1n) is 8.04. The van der Waals surface area contributed by atoms with Crippen molar-refractivity contribution in [2.24, 2.45) is 0 Å². The zero-order chi connectivity index (χ0) is 22.4. The molecular formula is C18H18F6N2O2S. The summed E-state index contributed by atoms with van der Waals surface area (Å²) in [4.78, 5) is 0.363. The molecular weight excluding hydrogens is 422 g/mol. The zero-order valence-electron chi connectivity index (χ0n) is 15.2. The summed E-state index contributed by atoms with van der Waals surface area (Å²) in [6, 6.07) is 7.03. The van der Waals surface area contributed by atoms with E-state index in [2.05, 4.69) is 0 Å². The average molecular weight is 440 g/mol. The third-order valence-electron chi connectivity index (χ3n) is 4.44. The number of benzene rings is 2. The van der Waals surface area contributed by atoms with Gasteiger partial charge in [0.25, 0.3) is 0 Å². The number of rotatable bonds is 4. The van der Waals surface area contributed by atoms with Gasteiger partial charge in [0, 0.05) is 32.3 Å². The van der Waals surface area contributed by atoms with E-state index in [0.29, 0.717) is 13.8 Å². The van der Waals surface area contributed by atoms with Gasteiger partial charge in [-0.3, -0.25) is 0 Å². The van der Waals surface area contributed by atoms with Crippen LogP contribution >= 0.6 is 11.8 Å². The number of halogens is 6. The van der Waals surface area contributed by atoms with E-state index >= 15 is 0 Å². The van der Waals surface area contributed by atoms with Crippen molar-refractivity contribution >= 4 is 23.1 Å². The van der Waals surface area contributed by atoms with Crippen molar-refractivity contribution in [3.05, 3.63) is 47.5 Å². The molecule has 0 aliphatic heterocycles. The maximum atomic E-state index is 13.1. The van der Waals surface area contributed by atoms with E-state index in [1.807, 2.05) is 0 Å². The highest BCUT2D eigenvalue weighted by Gasteiger charge is 2.53. The first kappa shape index (κ1) is 23.2.